The molecule has 1 unspecified atom stereocenters. The summed E-state index contributed by atoms with van der Waals surface area (Å²) < 4.78 is 20.6. The van der Waals surface area contributed by atoms with Crippen molar-refractivity contribution in [2.45, 2.75) is 19.0 Å². The highest BCUT2D eigenvalue weighted by atomic mass is 35.5. The summed E-state index contributed by atoms with van der Waals surface area (Å²) in [6, 6.07) is 10.2. The Morgan fingerprint density at radius 3 is 2.69 bits per heavy atom. The Labute approximate surface area is 170 Å². The number of carbonyl (C=O) groups is 1. The Kier molecular flexibility index (Phi) is 6.26. The normalized spacial score (nSPS) is 11.8. The quantitative estimate of drug-likeness (QED) is 0.610. The lowest BCUT2D eigenvalue weighted by Gasteiger charge is -2.13. The number of pyridine rings is 2. The molecule has 0 saturated carbocycles. The number of halogens is 2. The van der Waals surface area contributed by atoms with E-state index >= 15 is 0 Å². The fourth-order valence-corrected chi connectivity index (χ4v) is 2.88. The molecule has 1 atom stereocenters. The number of aliphatic carboxylic acids is 1. The van der Waals surface area contributed by atoms with Gasteiger partial charge in [-0.1, -0.05) is 23.7 Å². The molecule has 0 amide bonds. The van der Waals surface area contributed by atoms with Gasteiger partial charge in [-0.25, -0.2) is 9.37 Å². The third-order valence-corrected chi connectivity index (χ3v) is 4.25. The van der Waals surface area contributed by atoms with Crippen LogP contribution in [0.2, 0.25) is 5.02 Å². The molecule has 0 aliphatic heterocycles. The molecule has 3 aromatic rings. The SMILES string of the molecule is NC(CC(=O)O)Cn1cccc(-c2ccc(Oc3ncc(Cl)cc3F)cc2)c1=O. The van der Waals surface area contributed by atoms with Gasteiger partial charge >= 0.3 is 5.97 Å². The molecule has 0 aliphatic rings. The molecule has 0 fully saturated rings. The van der Waals surface area contributed by atoms with E-state index in [9.17, 15) is 14.0 Å². The minimum atomic E-state index is -1.02. The molecule has 0 radical (unpaired) electrons. The van der Waals surface area contributed by atoms with Gasteiger partial charge in [-0.2, -0.15) is 0 Å². The van der Waals surface area contributed by atoms with Crippen LogP contribution in [0, 0.1) is 5.82 Å². The van der Waals surface area contributed by atoms with Gasteiger partial charge in [-0.15, -0.1) is 0 Å². The minimum Gasteiger partial charge on any atom is -0.481 e. The predicted molar refractivity (Wildman–Crippen MR) is 106 cm³/mol. The monoisotopic (exact) mass is 417 g/mol. The third-order valence-electron chi connectivity index (χ3n) is 4.04. The Hall–Kier alpha value is -3.23. The molecule has 0 bridgehead atoms. The number of hydrogen-bond donors (Lipinski definition) is 2. The van der Waals surface area contributed by atoms with Crippen LogP contribution in [0.1, 0.15) is 6.42 Å². The van der Waals surface area contributed by atoms with E-state index in [-0.39, 0.29) is 29.4 Å². The van der Waals surface area contributed by atoms with Crippen LogP contribution in [0.25, 0.3) is 11.1 Å². The van der Waals surface area contributed by atoms with Crippen LogP contribution in [0.5, 0.6) is 11.6 Å². The van der Waals surface area contributed by atoms with Crippen molar-refractivity contribution in [1.82, 2.24) is 9.55 Å². The van der Waals surface area contributed by atoms with Gasteiger partial charge in [0, 0.05) is 30.5 Å². The number of aromatic nitrogens is 2. The van der Waals surface area contributed by atoms with Crippen molar-refractivity contribution in [1.29, 1.82) is 0 Å². The topological polar surface area (TPSA) is 107 Å². The van der Waals surface area contributed by atoms with Crippen molar-refractivity contribution < 1.29 is 19.0 Å². The van der Waals surface area contributed by atoms with Gasteiger partial charge in [-0.3, -0.25) is 9.59 Å². The second-order valence-corrected chi connectivity index (χ2v) is 6.74. The summed E-state index contributed by atoms with van der Waals surface area (Å²) in [5, 5.41) is 8.97. The third kappa shape index (κ3) is 5.18. The molecule has 0 spiro atoms. The van der Waals surface area contributed by atoms with Crippen LogP contribution in [0.4, 0.5) is 4.39 Å². The maximum absolute atomic E-state index is 13.8. The standard InChI is InChI=1S/C20H17ClFN3O4/c21-13-8-17(22)19(24-10-13)29-15-5-3-12(4-6-15)16-2-1-7-25(20(16)28)11-14(23)9-18(26)27/h1-8,10,14H,9,11,23H2,(H,26,27). The fraction of sp³-hybridized carbons (Fsp3) is 0.150. The van der Waals surface area contributed by atoms with Crippen LogP contribution < -0.4 is 16.0 Å². The van der Waals surface area contributed by atoms with Crippen LogP contribution in [0.3, 0.4) is 0 Å². The summed E-state index contributed by atoms with van der Waals surface area (Å²) in [4.78, 5) is 27.3. The maximum Gasteiger partial charge on any atom is 0.304 e. The molecule has 1 aromatic carbocycles. The van der Waals surface area contributed by atoms with E-state index in [1.54, 1.807) is 42.6 Å². The van der Waals surface area contributed by atoms with E-state index in [0.717, 1.165) is 6.07 Å². The molecular formula is C20H17ClFN3O4. The van der Waals surface area contributed by atoms with Gasteiger partial charge in [0.2, 0.25) is 0 Å². The van der Waals surface area contributed by atoms with E-state index in [1.165, 1.54) is 10.8 Å². The zero-order valence-corrected chi connectivity index (χ0v) is 15.8. The summed E-state index contributed by atoms with van der Waals surface area (Å²) in [6.45, 7) is 0.0850. The van der Waals surface area contributed by atoms with Crippen LogP contribution in [-0.2, 0) is 11.3 Å². The van der Waals surface area contributed by atoms with Gasteiger partial charge in [0.25, 0.3) is 11.4 Å². The first-order valence-electron chi connectivity index (χ1n) is 8.59. The lowest BCUT2D eigenvalue weighted by atomic mass is 10.1. The number of nitrogens with two attached hydrogens (primary N) is 1. The zero-order valence-electron chi connectivity index (χ0n) is 15.1. The van der Waals surface area contributed by atoms with Gasteiger partial charge in [-0.05, 0) is 35.9 Å². The Morgan fingerprint density at radius 2 is 2.03 bits per heavy atom. The number of carboxylic acids is 1. The van der Waals surface area contributed by atoms with Gasteiger partial charge in [0.1, 0.15) is 5.75 Å². The van der Waals surface area contributed by atoms with Gasteiger partial charge in [0.05, 0.1) is 11.4 Å². The number of carboxylic acid groups (broad SMARTS) is 1. The molecule has 150 valence electrons. The highest BCUT2D eigenvalue weighted by Crippen LogP contribution is 2.26. The number of rotatable bonds is 7. The molecule has 3 N–H and O–H groups in total. The van der Waals surface area contributed by atoms with Crippen LogP contribution in [0.15, 0.2) is 59.7 Å². The molecular weight excluding hydrogens is 401 g/mol. The minimum absolute atomic E-state index is 0.0850. The molecule has 0 saturated heterocycles. The van der Waals surface area contributed by atoms with E-state index in [4.69, 9.17) is 27.2 Å². The Bertz CT molecular complexity index is 1090. The number of ether oxygens (including phenoxy) is 1. The predicted octanol–water partition coefficient (Wildman–Crippen LogP) is 3.30. The Balaban J connectivity index is 1.80. The number of hydrogen-bond acceptors (Lipinski definition) is 5. The highest BCUT2D eigenvalue weighted by Gasteiger charge is 2.12. The smallest absolute Gasteiger partial charge is 0.304 e. The second-order valence-electron chi connectivity index (χ2n) is 6.30. The summed E-state index contributed by atoms with van der Waals surface area (Å²) in [5.41, 5.74) is 6.51. The number of benzene rings is 1. The average Bonchev–Trinajstić information content (AvgIpc) is 2.66. The van der Waals surface area contributed by atoms with Crippen LogP contribution in [-0.4, -0.2) is 26.7 Å². The van der Waals surface area contributed by atoms with Crippen LogP contribution >= 0.6 is 11.6 Å². The first-order valence-corrected chi connectivity index (χ1v) is 8.97. The van der Waals surface area contributed by atoms with E-state index in [1.807, 2.05) is 0 Å². The largest absolute Gasteiger partial charge is 0.481 e. The zero-order chi connectivity index (χ0) is 21.0. The van der Waals surface area contributed by atoms with Crippen molar-refractivity contribution in [2.75, 3.05) is 0 Å². The van der Waals surface area contributed by atoms with Crippen molar-refractivity contribution >= 4 is 17.6 Å². The molecule has 29 heavy (non-hydrogen) atoms. The van der Waals surface area contributed by atoms with Gasteiger partial charge in [0.15, 0.2) is 5.82 Å². The van der Waals surface area contributed by atoms with E-state index in [0.29, 0.717) is 16.9 Å². The highest BCUT2D eigenvalue weighted by molar-refractivity contribution is 6.30. The maximum atomic E-state index is 13.8. The first kappa shape index (κ1) is 20.5. The van der Waals surface area contributed by atoms with Crippen molar-refractivity contribution in [3.8, 4) is 22.8 Å². The molecule has 3 rings (SSSR count). The molecule has 7 nitrogen and oxygen atoms in total. The Morgan fingerprint density at radius 1 is 1.31 bits per heavy atom. The number of nitrogens with zero attached hydrogens (tertiary/aromatic N) is 2. The molecule has 0 aliphatic carbocycles. The lowest BCUT2D eigenvalue weighted by molar-refractivity contribution is -0.137. The van der Waals surface area contributed by atoms with E-state index < -0.39 is 17.8 Å². The molecule has 9 heteroatoms. The van der Waals surface area contributed by atoms with Crippen molar-refractivity contribution in [3.63, 3.8) is 0 Å². The lowest BCUT2D eigenvalue weighted by Crippen LogP contribution is -2.33. The first-order chi connectivity index (χ1) is 13.8. The second kappa shape index (κ2) is 8.85. The molecule has 2 heterocycles. The summed E-state index contributed by atoms with van der Waals surface area (Å²) >= 11 is 5.67. The van der Waals surface area contributed by atoms with Crippen molar-refractivity contribution in [3.05, 3.63) is 76.1 Å². The average molecular weight is 418 g/mol. The summed E-state index contributed by atoms with van der Waals surface area (Å²) in [7, 11) is 0. The van der Waals surface area contributed by atoms with Gasteiger partial charge < -0.3 is 20.1 Å². The van der Waals surface area contributed by atoms with E-state index in [2.05, 4.69) is 4.98 Å². The van der Waals surface area contributed by atoms with Crippen molar-refractivity contribution in [2.24, 2.45) is 5.73 Å². The fourth-order valence-electron chi connectivity index (χ4n) is 2.73. The summed E-state index contributed by atoms with van der Waals surface area (Å²) in [5.74, 6) is -1.59. The summed E-state index contributed by atoms with van der Waals surface area (Å²) in [6.07, 6.45) is 2.59. The molecule has 2 aromatic heterocycles.